The lowest BCUT2D eigenvalue weighted by Gasteiger charge is -2.36. The van der Waals surface area contributed by atoms with Crippen molar-refractivity contribution in [1.29, 1.82) is 0 Å². The van der Waals surface area contributed by atoms with E-state index in [1.165, 1.54) is 0 Å². The van der Waals surface area contributed by atoms with Crippen molar-refractivity contribution < 1.29 is 8.42 Å². The van der Waals surface area contributed by atoms with Crippen LogP contribution >= 0.6 is 0 Å². The van der Waals surface area contributed by atoms with Crippen LogP contribution in [0.4, 0.5) is 0 Å². The number of piperidine rings is 1. The van der Waals surface area contributed by atoms with Gasteiger partial charge in [0.15, 0.2) is 0 Å². The Hall–Kier alpha value is -0.910. The van der Waals surface area contributed by atoms with Crippen LogP contribution < -0.4 is 5.32 Å². The molecule has 21 heavy (non-hydrogen) atoms. The fourth-order valence-electron chi connectivity index (χ4n) is 2.95. The summed E-state index contributed by atoms with van der Waals surface area (Å²) in [6.45, 7) is 6.44. The number of hydrogen-bond donors (Lipinski definition) is 1. The molecule has 0 spiro atoms. The molecule has 2 atom stereocenters. The molecule has 0 aliphatic carbocycles. The fourth-order valence-corrected chi connectivity index (χ4v) is 4.54. The molecule has 2 rings (SSSR count). The van der Waals surface area contributed by atoms with E-state index in [1.54, 1.807) is 4.31 Å². The molecule has 1 aliphatic heterocycles. The van der Waals surface area contributed by atoms with Gasteiger partial charge in [0, 0.05) is 19.1 Å². The Kier molecular flexibility index (Phi) is 5.79. The lowest BCUT2D eigenvalue weighted by molar-refractivity contribution is 0.222. The Morgan fingerprint density at radius 2 is 2.00 bits per heavy atom. The molecule has 0 amide bonds. The molecule has 0 aromatic heterocycles. The number of nitrogens with one attached hydrogen (secondary N) is 1. The van der Waals surface area contributed by atoms with Gasteiger partial charge in [0.05, 0.1) is 5.75 Å². The molecular formula is C16H26N2O2S. The summed E-state index contributed by atoms with van der Waals surface area (Å²) in [5.41, 5.74) is 1.08. The van der Waals surface area contributed by atoms with Gasteiger partial charge < -0.3 is 5.32 Å². The van der Waals surface area contributed by atoms with Crippen molar-refractivity contribution in [3.8, 4) is 0 Å². The zero-order valence-corrected chi connectivity index (χ0v) is 13.8. The molecule has 1 N–H and O–H groups in total. The Bertz CT molecular complexity index is 530. The molecule has 118 valence electrons. The molecule has 5 heteroatoms. The number of aryl methyl sites for hydroxylation is 1. The molecular weight excluding hydrogens is 284 g/mol. The van der Waals surface area contributed by atoms with Crippen LogP contribution in [0, 0.1) is 5.92 Å². The average Bonchev–Trinajstić information content (AvgIpc) is 2.48. The maximum atomic E-state index is 12.5. The summed E-state index contributed by atoms with van der Waals surface area (Å²) in [5.74, 6) is 0.570. The van der Waals surface area contributed by atoms with E-state index in [9.17, 15) is 8.42 Å². The molecule has 1 fully saturated rings. The third-order valence-electron chi connectivity index (χ3n) is 4.22. The maximum absolute atomic E-state index is 12.5. The molecule has 2 unspecified atom stereocenters. The van der Waals surface area contributed by atoms with Crippen LogP contribution in [0.5, 0.6) is 0 Å². The topological polar surface area (TPSA) is 49.4 Å². The molecule has 1 aromatic carbocycles. The first-order chi connectivity index (χ1) is 10.0. The highest BCUT2D eigenvalue weighted by atomic mass is 32.2. The van der Waals surface area contributed by atoms with Crippen LogP contribution in [0.3, 0.4) is 0 Å². The Balaban J connectivity index is 1.91. The summed E-state index contributed by atoms with van der Waals surface area (Å²) in [4.78, 5) is 0. The van der Waals surface area contributed by atoms with Gasteiger partial charge in [-0.2, -0.15) is 0 Å². The minimum absolute atomic E-state index is 0.204. The van der Waals surface area contributed by atoms with E-state index in [0.29, 0.717) is 31.5 Å². The van der Waals surface area contributed by atoms with Crippen LogP contribution in [0.25, 0.3) is 0 Å². The van der Waals surface area contributed by atoms with E-state index < -0.39 is 10.0 Å². The second-order valence-electron chi connectivity index (χ2n) is 5.84. The highest BCUT2D eigenvalue weighted by Crippen LogP contribution is 2.20. The zero-order chi connectivity index (χ0) is 15.3. The lowest BCUT2D eigenvalue weighted by Crippen LogP contribution is -2.50. The van der Waals surface area contributed by atoms with Crippen molar-refractivity contribution >= 4 is 10.0 Å². The monoisotopic (exact) mass is 310 g/mol. The van der Waals surface area contributed by atoms with Crippen molar-refractivity contribution in [2.75, 3.05) is 25.4 Å². The van der Waals surface area contributed by atoms with Gasteiger partial charge in [-0.05, 0) is 30.9 Å². The van der Waals surface area contributed by atoms with E-state index in [2.05, 4.69) is 19.2 Å². The summed E-state index contributed by atoms with van der Waals surface area (Å²) >= 11 is 0. The lowest BCUT2D eigenvalue weighted by atomic mass is 9.95. The van der Waals surface area contributed by atoms with Crippen molar-refractivity contribution in [2.45, 2.75) is 32.7 Å². The third kappa shape index (κ3) is 4.53. The zero-order valence-electron chi connectivity index (χ0n) is 13.0. The van der Waals surface area contributed by atoms with Crippen LogP contribution in [0.1, 0.15) is 25.8 Å². The molecule has 1 aliphatic rings. The Morgan fingerprint density at radius 1 is 1.29 bits per heavy atom. The molecule has 1 aromatic rings. The van der Waals surface area contributed by atoms with Gasteiger partial charge in [-0.15, -0.1) is 0 Å². The predicted molar refractivity (Wildman–Crippen MR) is 86.8 cm³/mol. The standard InChI is InChI=1S/C16H26N2O2S/c1-3-17-16-9-11-18(13-14(16)2)21(19,20)12-10-15-7-5-4-6-8-15/h4-8,14,16-17H,3,9-13H2,1-2H3. The van der Waals surface area contributed by atoms with Gasteiger partial charge >= 0.3 is 0 Å². The number of benzene rings is 1. The molecule has 0 radical (unpaired) electrons. The smallest absolute Gasteiger partial charge is 0.214 e. The molecule has 1 heterocycles. The van der Waals surface area contributed by atoms with Gasteiger partial charge in [0.1, 0.15) is 0 Å². The van der Waals surface area contributed by atoms with Crippen molar-refractivity contribution in [3.05, 3.63) is 35.9 Å². The second-order valence-corrected chi connectivity index (χ2v) is 7.93. The average molecular weight is 310 g/mol. The second kappa shape index (κ2) is 7.38. The van der Waals surface area contributed by atoms with Gasteiger partial charge in [-0.1, -0.05) is 44.2 Å². The fraction of sp³-hybridized carbons (Fsp3) is 0.625. The maximum Gasteiger partial charge on any atom is 0.214 e. The van der Waals surface area contributed by atoms with E-state index >= 15 is 0 Å². The van der Waals surface area contributed by atoms with E-state index in [-0.39, 0.29) is 5.75 Å². The first kappa shape index (κ1) is 16.5. The van der Waals surface area contributed by atoms with Crippen LogP contribution in [-0.4, -0.2) is 44.2 Å². The van der Waals surface area contributed by atoms with Crippen LogP contribution in [0.15, 0.2) is 30.3 Å². The minimum atomic E-state index is -3.15. The van der Waals surface area contributed by atoms with Gasteiger partial charge in [-0.25, -0.2) is 12.7 Å². The Morgan fingerprint density at radius 3 is 2.62 bits per heavy atom. The summed E-state index contributed by atoms with van der Waals surface area (Å²) in [6.07, 6.45) is 1.49. The van der Waals surface area contributed by atoms with Crippen LogP contribution in [-0.2, 0) is 16.4 Å². The molecule has 1 saturated heterocycles. The SMILES string of the molecule is CCNC1CCN(S(=O)(=O)CCc2ccccc2)CC1C. The van der Waals surface area contributed by atoms with E-state index in [0.717, 1.165) is 18.5 Å². The van der Waals surface area contributed by atoms with E-state index in [4.69, 9.17) is 0 Å². The number of hydrogen-bond acceptors (Lipinski definition) is 3. The largest absolute Gasteiger partial charge is 0.314 e. The minimum Gasteiger partial charge on any atom is -0.314 e. The highest BCUT2D eigenvalue weighted by Gasteiger charge is 2.31. The third-order valence-corrected chi connectivity index (χ3v) is 6.06. The van der Waals surface area contributed by atoms with Gasteiger partial charge in [-0.3, -0.25) is 0 Å². The summed E-state index contributed by atoms with van der Waals surface area (Å²) in [7, 11) is -3.15. The molecule has 4 nitrogen and oxygen atoms in total. The number of nitrogens with zero attached hydrogens (tertiary/aromatic N) is 1. The first-order valence-electron chi connectivity index (χ1n) is 7.78. The number of sulfonamides is 1. The summed E-state index contributed by atoms with van der Waals surface area (Å²) < 4.78 is 26.6. The summed E-state index contributed by atoms with van der Waals surface area (Å²) in [6, 6.07) is 10.3. The summed E-state index contributed by atoms with van der Waals surface area (Å²) in [5, 5.41) is 3.44. The first-order valence-corrected chi connectivity index (χ1v) is 9.39. The van der Waals surface area contributed by atoms with Crippen molar-refractivity contribution in [3.63, 3.8) is 0 Å². The number of rotatable bonds is 6. The molecule has 0 bridgehead atoms. The van der Waals surface area contributed by atoms with Gasteiger partial charge in [0.25, 0.3) is 0 Å². The predicted octanol–water partition coefficient (Wildman–Crippen LogP) is 1.88. The van der Waals surface area contributed by atoms with Crippen molar-refractivity contribution in [2.24, 2.45) is 5.92 Å². The molecule has 0 saturated carbocycles. The highest BCUT2D eigenvalue weighted by molar-refractivity contribution is 7.89. The quantitative estimate of drug-likeness (QED) is 0.873. The van der Waals surface area contributed by atoms with Crippen LogP contribution in [0.2, 0.25) is 0 Å². The van der Waals surface area contributed by atoms with Gasteiger partial charge in [0.2, 0.25) is 10.0 Å². The van der Waals surface area contributed by atoms with E-state index in [1.807, 2.05) is 30.3 Å². The van der Waals surface area contributed by atoms with Crippen molar-refractivity contribution in [1.82, 2.24) is 9.62 Å². The Labute approximate surface area is 128 Å². The normalized spacial score (nSPS) is 24.1.